The molecule has 150 valence electrons. The van der Waals surface area contributed by atoms with Crippen molar-refractivity contribution in [1.82, 2.24) is 9.80 Å². The molecular weight excluding hydrogens is 368 g/mol. The standard InChI is InChI=1S/C23H24N2O4/c1-14-4-11-19-20(12-14)23(28)25(22(19)27)15(2)21(26)24(17-7-8-17)13-16-5-9-18(29-3)10-6-16/h4-6,9-12,15,17H,7-8,13H2,1-3H3/t15-/m1/s1. The second kappa shape index (κ2) is 7.35. The quantitative estimate of drug-likeness (QED) is 0.708. The van der Waals surface area contributed by atoms with Crippen molar-refractivity contribution in [2.45, 2.75) is 45.3 Å². The van der Waals surface area contributed by atoms with Crippen molar-refractivity contribution in [2.24, 2.45) is 0 Å². The summed E-state index contributed by atoms with van der Waals surface area (Å²) in [5.41, 5.74) is 2.64. The zero-order valence-corrected chi connectivity index (χ0v) is 16.8. The average Bonchev–Trinajstić information content (AvgIpc) is 3.53. The third-order valence-electron chi connectivity index (χ3n) is 5.60. The molecule has 1 aliphatic heterocycles. The minimum Gasteiger partial charge on any atom is -0.497 e. The predicted molar refractivity (Wildman–Crippen MR) is 108 cm³/mol. The van der Waals surface area contributed by atoms with Crippen LogP contribution in [0.2, 0.25) is 0 Å². The Hall–Kier alpha value is -3.15. The molecular formula is C23H24N2O4. The molecule has 6 heteroatoms. The van der Waals surface area contributed by atoms with Gasteiger partial charge in [-0.1, -0.05) is 23.8 Å². The monoisotopic (exact) mass is 392 g/mol. The number of carbonyl (C=O) groups is 3. The lowest BCUT2D eigenvalue weighted by atomic mass is 10.1. The minimum absolute atomic E-state index is 0.157. The normalized spacial score (nSPS) is 16.6. The van der Waals surface area contributed by atoms with Crippen molar-refractivity contribution in [3.63, 3.8) is 0 Å². The molecule has 0 unspecified atom stereocenters. The van der Waals surface area contributed by atoms with Gasteiger partial charge in [0.15, 0.2) is 0 Å². The fourth-order valence-electron chi connectivity index (χ4n) is 3.78. The number of hydrogen-bond acceptors (Lipinski definition) is 4. The second-order valence-electron chi connectivity index (χ2n) is 7.75. The van der Waals surface area contributed by atoms with Gasteiger partial charge < -0.3 is 9.64 Å². The van der Waals surface area contributed by atoms with Gasteiger partial charge in [-0.3, -0.25) is 19.3 Å². The van der Waals surface area contributed by atoms with Gasteiger partial charge >= 0.3 is 0 Å². The van der Waals surface area contributed by atoms with Crippen LogP contribution in [0.15, 0.2) is 42.5 Å². The molecule has 1 fully saturated rings. The van der Waals surface area contributed by atoms with E-state index < -0.39 is 17.9 Å². The van der Waals surface area contributed by atoms with Crippen LogP contribution in [0.25, 0.3) is 0 Å². The van der Waals surface area contributed by atoms with E-state index >= 15 is 0 Å². The van der Waals surface area contributed by atoms with Crippen molar-refractivity contribution in [1.29, 1.82) is 0 Å². The first-order valence-corrected chi connectivity index (χ1v) is 9.82. The summed E-state index contributed by atoms with van der Waals surface area (Å²) in [4.78, 5) is 41.9. The molecule has 0 bridgehead atoms. The van der Waals surface area contributed by atoms with E-state index in [4.69, 9.17) is 4.74 Å². The minimum atomic E-state index is -0.846. The third-order valence-corrected chi connectivity index (χ3v) is 5.60. The lowest BCUT2D eigenvalue weighted by molar-refractivity contribution is -0.136. The highest BCUT2D eigenvalue weighted by atomic mass is 16.5. The number of methoxy groups -OCH3 is 1. The maximum atomic E-state index is 13.3. The Morgan fingerprint density at radius 3 is 2.38 bits per heavy atom. The molecule has 2 aromatic rings. The smallest absolute Gasteiger partial charge is 0.262 e. The number of ether oxygens (including phenoxy) is 1. The molecule has 29 heavy (non-hydrogen) atoms. The van der Waals surface area contributed by atoms with Crippen molar-refractivity contribution >= 4 is 17.7 Å². The van der Waals surface area contributed by atoms with Crippen LogP contribution in [0.3, 0.4) is 0 Å². The molecule has 2 aliphatic rings. The number of hydrogen-bond donors (Lipinski definition) is 0. The van der Waals surface area contributed by atoms with E-state index in [0.29, 0.717) is 17.7 Å². The maximum absolute atomic E-state index is 13.3. The first-order chi connectivity index (χ1) is 13.9. The van der Waals surface area contributed by atoms with Crippen molar-refractivity contribution in [3.05, 3.63) is 64.7 Å². The Morgan fingerprint density at radius 2 is 1.76 bits per heavy atom. The fourth-order valence-corrected chi connectivity index (χ4v) is 3.78. The highest BCUT2D eigenvalue weighted by Gasteiger charge is 2.44. The molecule has 1 heterocycles. The van der Waals surface area contributed by atoms with Gasteiger partial charge in [-0.2, -0.15) is 0 Å². The van der Waals surface area contributed by atoms with Gasteiger partial charge in [-0.05, 0) is 56.5 Å². The van der Waals surface area contributed by atoms with E-state index in [-0.39, 0.29) is 11.9 Å². The molecule has 0 N–H and O–H groups in total. The molecule has 0 aromatic heterocycles. The summed E-state index contributed by atoms with van der Waals surface area (Å²) in [5, 5.41) is 0. The molecule has 0 spiro atoms. The summed E-state index contributed by atoms with van der Waals surface area (Å²) in [6.07, 6.45) is 1.88. The Morgan fingerprint density at radius 1 is 1.10 bits per heavy atom. The molecule has 1 atom stereocenters. The zero-order valence-electron chi connectivity index (χ0n) is 16.8. The molecule has 2 aromatic carbocycles. The van der Waals surface area contributed by atoms with Crippen LogP contribution in [0.4, 0.5) is 0 Å². The summed E-state index contributed by atoms with van der Waals surface area (Å²) in [6.45, 7) is 3.96. The van der Waals surface area contributed by atoms with Crippen LogP contribution in [-0.2, 0) is 11.3 Å². The molecule has 0 saturated heterocycles. The lowest BCUT2D eigenvalue weighted by Gasteiger charge is -2.29. The van der Waals surface area contributed by atoms with Crippen LogP contribution in [0.5, 0.6) is 5.75 Å². The van der Waals surface area contributed by atoms with Crippen LogP contribution in [0.1, 0.15) is 51.6 Å². The highest BCUT2D eigenvalue weighted by Crippen LogP contribution is 2.32. The molecule has 4 rings (SSSR count). The molecule has 3 amide bonds. The van der Waals surface area contributed by atoms with Crippen LogP contribution in [-0.4, -0.2) is 46.7 Å². The Bertz CT molecular complexity index is 979. The first-order valence-electron chi connectivity index (χ1n) is 9.82. The number of nitrogens with zero attached hydrogens (tertiary/aromatic N) is 2. The number of carbonyl (C=O) groups excluding carboxylic acids is 3. The Labute approximate surface area is 170 Å². The Balaban J connectivity index is 1.55. The molecule has 6 nitrogen and oxygen atoms in total. The highest BCUT2D eigenvalue weighted by molar-refractivity contribution is 6.22. The van der Waals surface area contributed by atoms with Crippen molar-refractivity contribution in [2.75, 3.05) is 7.11 Å². The van der Waals surface area contributed by atoms with E-state index in [9.17, 15) is 14.4 Å². The van der Waals surface area contributed by atoms with Gasteiger partial charge in [0.1, 0.15) is 11.8 Å². The molecule has 1 aliphatic carbocycles. The summed E-state index contributed by atoms with van der Waals surface area (Å²) < 4.78 is 5.19. The van der Waals surface area contributed by atoms with E-state index in [1.807, 2.05) is 31.2 Å². The lowest BCUT2D eigenvalue weighted by Crippen LogP contribution is -2.49. The number of amides is 3. The van der Waals surface area contributed by atoms with Gasteiger partial charge in [-0.15, -0.1) is 0 Å². The van der Waals surface area contributed by atoms with Crippen molar-refractivity contribution in [3.8, 4) is 5.75 Å². The van der Waals surface area contributed by atoms with E-state index in [0.717, 1.165) is 34.6 Å². The number of rotatable bonds is 6. The van der Waals surface area contributed by atoms with E-state index in [1.165, 1.54) is 0 Å². The van der Waals surface area contributed by atoms with Gasteiger partial charge in [-0.25, -0.2) is 0 Å². The van der Waals surface area contributed by atoms with E-state index in [2.05, 4.69) is 0 Å². The summed E-state index contributed by atoms with van der Waals surface area (Å²) in [7, 11) is 1.61. The van der Waals surface area contributed by atoms with Crippen molar-refractivity contribution < 1.29 is 19.1 Å². The molecule has 1 saturated carbocycles. The van der Waals surface area contributed by atoms with Crippen LogP contribution >= 0.6 is 0 Å². The number of fused-ring (bicyclic) bond motifs is 1. The second-order valence-corrected chi connectivity index (χ2v) is 7.75. The predicted octanol–water partition coefficient (Wildman–Crippen LogP) is 3.18. The van der Waals surface area contributed by atoms with Crippen LogP contribution in [0, 0.1) is 6.92 Å². The first kappa shape index (κ1) is 19.2. The number of benzene rings is 2. The number of imide groups is 1. The maximum Gasteiger partial charge on any atom is 0.262 e. The Kier molecular flexibility index (Phi) is 4.86. The average molecular weight is 392 g/mol. The summed E-state index contributed by atoms with van der Waals surface area (Å²) >= 11 is 0. The third kappa shape index (κ3) is 3.50. The number of aryl methyl sites for hydroxylation is 1. The summed E-state index contributed by atoms with van der Waals surface area (Å²) in [6, 6.07) is 12.1. The topological polar surface area (TPSA) is 66.9 Å². The van der Waals surface area contributed by atoms with Gasteiger partial charge in [0.25, 0.3) is 11.8 Å². The fraction of sp³-hybridized carbons (Fsp3) is 0.348. The molecule has 0 radical (unpaired) electrons. The SMILES string of the molecule is COc1ccc(CN(C(=O)[C@@H](C)N2C(=O)c3ccc(C)cc3C2=O)C2CC2)cc1. The zero-order chi connectivity index (χ0) is 20.7. The van der Waals surface area contributed by atoms with Gasteiger partial charge in [0.2, 0.25) is 5.91 Å². The largest absolute Gasteiger partial charge is 0.497 e. The van der Waals surface area contributed by atoms with Crippen LogP contribution < -0.4 is 4.74 Å². The van der Waals surface area contributed by atoms with E-state index in [1.54, 1.807) is 37.1 Å². The van der Waals surface area contributed by atoms with Gasteiger partial charge in [0, 0.05) is 12.6 Å². The summed E-state index contributed by atoms with van der Waals surface area (Å²) in [5.74, 6) is -0.233. The van der Waals surface area contributed by atoms with Gasteiger partial charge in [0.05, 0.1) is 18.2 Å².